The zero-order chi connectivity index (χ0) is 14.9. The van der Waals surface area contributed by atoms with E-state index in [2.05, 4.69) is 9.88 Å². The molecule has 0 unspecified atom stereocenters. The monoisotopic (exact) mass is 366 g/mol. The Morgan fingerprint density at radius 1 is 1.23 bits per heavy atom. The highest BCUT2D eigenvalue weighted by atomic mass is 35.5. The third-order valence-corrected chi connectivity index (χ3v) is 7.54. The lowest BCUT2D eigenvalue weighted by atomic mass is 10.1. The fourth-order valence-electron chi connectivity index (χ4n) is 3.13. The van der Waals surface area contributed by atoms with E-state index in [1.807, 2.05) is 6.20 Å². The first-order chi connectivity index (χ1) is 10.1. The van der Waals surface area contributed by atoms with Crippen LogP contribution in [0.4, 0.5) is 5.13 Å². The summed E-state index contributed by atoms with van der Waals surface area (Å²) in [6.07, 6.45) is 5.28. The van der Waals surface area contributed by atoms with E-state index in [4.69, 9.17) is 5.73 Å². The zero-order valence-corrected chi connectivity index (χ0v) is 14.9. The molecule has 0 bridgehead atoms. The molecule has 0 saturated carbocycles. The Morgan fingerprint density at radius 3 is 2.41 bits per heavy atom. The van der Waals surface area contributed by atoms with Gasteiger partial charge >= 0.3 is 0 Å². The molecule has 2 fully saturated rings. The molecule has 9 heteroatoms. The first-order valence-corrected chi connectivity index (χ1v) is 9.79. The van der Waals surface area contributed by atoms with Gasteiger partial charge in [-0.05, 0) is 38.8 Å². The number of likely N-dealkylation sites (tertiary alicyclic amines) is 1. The number of nitrogen functional groups attached to an aromatic ring is 1. The summed E-state index contributed by atoms with van der Waals surface area (Å²) < 4.78 is 26.8. The van der Waals surface area contributed by atoms with Crippen LogP contribution in [-0.2, 0) is 16.6 Å². The van der Waals surface area contributed by atoms with Crippen molar-refractivity contribution in [2.24, 2.45) is 0 Å². The van der Waals surface area contributed by atoms with Crippen molar-refractivity contribution in [3.63, 3.8) is 0 Å². The molecule has 2 N–H and O–H groups in total. The van der Waals surface area contributed by atoms with Crippen LogP contribution in [0.2, 0.25) is 0 Å². The van der Waals surface area contributed by atoms with E-state index < -0.39 is 10.0 Å². The number of sulfonamides is 1. The molecule has 6 nitrogen and oxygen atoms in total. The molecular weight excluding hydrogens is 344 g/mol. The van der Waals surface area contributed by atoms with Gasteiger partial charge in [-0.2, -0.15) is 0 Å². The van der Waals surface area contributed by atoms with Crippen LogP contribution in [0.25, 0.3) is 0 Å². The van der Waals surface area contributed by atoms with Crippen LogP contribution in [0.3, 0.4) is 0 Å². The van der Waals surface area contributed by atoms with Crippen molar-refractivity contribution in [2.75, 3.05) is 31.9 Å². The zero-order valence-electron chi connectivity index (χ0n) is 12.5. The predicted molar refractivity (Wildman–Crippen MR) is 91.8 cm³/mol. The Balaban J connectivity index is 0.00000176. The number of hydrogen-bond acceptors (Lipinski definition) is 6. The van der Waals surface area contributed by atoms with Crippen LogP contribution in [0.1, 0.15) is 30.6 Å². The summed E-state index contributed by atoms with van der Waals surface area (Å²) in [7, 11) is -3.08. The van der Waals surface area contributed by atoms with Crippen molar-refractivity contribution in [1.82, 2.24) is 14.2 Å². The average Bonchev–Trinajstić information content (AvgIpc) is 3.11. The number of rotatable bonds is 4. The summed E-state index contributed by atoms with van der Waals surface area (Å²) >= 11 is 1.51. The summed E-state index contributed by atoms with van der Waals surface area (Å²) in [5.41, 5.74) is 5.64. The topological polar surface area (TPSA) is 79.5 Å². The van der Waals surface area contributed by atoms with Gasteiger partial charge < -0.3 is 5.73 Å². The van der Waals surface area contributed by atoms with Gasteiger partial charge in [-0.15, -0.1) is 23.7 Å². The SMILES string of the molecule is Cl.Nc1ncc(CN2CCC(S(=O)(=O)N3CCCC3)CC2)s1. The molecule has 2 saturated heterocycles. The predicted octanol–water partition coefficient (Wildman–Crippen LogP) is 1.54. The lowest BCUT2D eigenvalue weighted by Crippen LogP contribution is -2.44. The molecule has 0 spiro atoms. The van der Waals surface area contributed by atoms with Gasteiger partial charge in [-0.1, -0.05) is 0 Å². The molecular formula is C13H23ClN4O2S2. The van der Waals surface area contributed by atoms with Crippen LogP contribution in [0, 0.1) is 0 Å². The summed E-state index contributed by atoms with van der Waals surface area (Å²) in [6, 6.07) is 0. The van der Waals surface area contributed by atoms with E-state index in [9.17, 15) is 8.42 Å². The molecule has 2 aliphatic rings. The third-order valence-electron chi connectivity index (χ3n) is 4.33. The van der Waals surface area contributed by atoms with Gasteiger partial charge in [0.1, 0.15) is 0 Å². The molecule has 0 atom stereocenters. The van der Waals surface area contributed by atoms with E-state index in [1.165, 1.54) is 11.3 Å². The minimum absolute atomic E-state index is 0. The molecule has 22 heavy (non-hydrogen) atoms. The first-order valence-electron chi connectivity index (χ1n) is 7.47. The third kappa shape index (κ3) is 3.91. The van der Waals surface area contributed by atoms with Crippen LogP contribution >= 0.6 is 23.7 Å². The number of thiazole rings is 1. The van der Waals surface area contributed by atoms with Crippen molar-refractivity contribution < 1.29 is 8.42 Å². The number of piperidine rings is 1. The Morgan fingerprint density at radius 2 is 1.86 bits per heavy atom. The second-order valence-electron chi connectivity index (χ2n) is 5.79. The number of halogens is 1. The standard InChI is InChI=1S/C13H22N4O2S2.ClH/c14-13-15-9-11(20-13)10-16-7-3-12(4-8-16)21(18,19)17-5-1-2-6-17;/h9,12H,1-8,10H2,(H2,14,15);1H. The van der Waals surface area contributed by atoms with Gasteiger partial charge in [-0.3, -0.25) is 4.90 Å². The van der Waals surface area contributed by atoms with E-state index in [0.717, 1.165) is 50.2 Å². The second-order valence-corrected chi connectivity index (χ2v) is 9.15. The molecule has 3 rings (SSSR count). The van der Waals surface area contributed by atoms with Gasteiger partial charge in [-0.25, -0.2) is 17.7 Å². The van der Waals surface area contributed by atoms with E-state index in [1.54, 1.807) is 4.31 Å². The lowest BCUT2D eigenvalue weighted by molar-refractivity contribution is 0.221. The number of aromatic nitrogens is 1. The molecule has 3 heterocycles. The molecule has 0 aliphatic carbocycles. The Bertz CT molecular complexity index is 579. The normalized spacial score (nSPS) is 21.8. The minimum atomic E-state index is -3.08. The molecule has 1 aromatic heterocycles. The average molecular weight is 367 g/mol. The number of nitrogens with zero attached hydrogens (tertiary/aromatic N) is 3. The molecule has 0 amide bonds. The maximum Gasteiger partial charge on any atom is 0.217 e. The Kier molecular flexibility index (Phi) is 6.07. The Hall–Kier alpha value is -0.410. The minimum Gasteiger partial charge on any atom is -0.375 e. The van der Waals surface area contributed by atoms with Gasteiger partial charge in [0.2, 0.25) is 10.0 Å². The molecule has 2 aliphatic heterocycles. The van der Waals surface area contributed by atoms with Gasteiger partial charge in [0, 0.05) is 30.7 Å². The first kappa shape index (κ1) is 17.9. The van der Waals surface area contributed by atoms with E-state index >= 15 is 0 Å². The van der Waals surface area contributed by atoms with Gasteiger partial charge in [0.05, 0.1) is 5.25 Å². The summed E-state index contributed by atoms with van der Waals surface area (Å²) in [4.78, 5) is 7.50. The van der Waals surface area contributed by atoms with Crippen LogP contribution in [-0.4, -0.2) is 54.0 Å². The van der Waals surface area contributed by atoms with E-state index in [-0.39, 0.29) is 17.7 Å². The van der Waals surface area contributed by atoms with E-state index in [0.29, 0.717) is 18.2 Å². The fraction of sp³-hybridized carbons (Fsp3) is 0.769. The quantitative estimate of drug-likeness (QED) is 0.874. The number of hydrogen-bond donors (Lipinski definition) is 1. The van der Waals surface area contributed by atoms with Crippen LogP contribution in [0.15, 0.2) is 6.20 Å². The van der Waals surface area contributed by atoms with Gasteiger partial charge in [0.15, 0.2) is 5.13 Å². The highest BCUT2D eigenvalue weighted by molar-refractivity contribution is 7.89. The smallest absolute Gasteiger partial charge is 0.217 e. The van der Waals surface area contributed by atoms with Crippen molar-refractivity contribution in [2.45, 2.75) is 37.5 Å². The van der Waals surface area contributed by atoms with Crippen molar-refractivity contribution in [1.29, 1.82) is 0 Å². The molecule has 126 valence electrons. The van der Waals surface area contributed by atoms with Crippen LogP contribution in [0.5, 0.6) is 0 Å². The molecule has 1 aromatic rings. The summed E-state index contributed by atoms with van der Waals surface area (Å²) in [6.45, 7) is 3.90. The number of nitrogens with two attached hydrogens (primary N) is 1. The summed E-state index contributed by atoms with van der Waals surface area (Å²) in [5.74, 6) is 0. The van der Waals surface area contributed by atoms with Crippen molar-refractivity contribution in [3.8, 4) is 0 Å². The van der Waals surface area contributed by atoms with Crippen molar-refractivity contribution in [3.05, 3.63) is 11.1 Å². The lowest BCUT2D eigenvalue weighted by Gasteiger charge is -2.33. The highest BCUT2D eigenvalue weighted by Gasteiger charge is 2.35. The Labute approximate surface area is 142 Å². The largest absolute Gasteiger partial charge is 0.375 e. The highest BCUT2D eigenvalue weighted by Crippen LogP contribution is 2.26. The van der Waals surface area contributed by atoms with Gasteiger partial charge in [0.25, 0.3) is 0 Å². The second kappa shape index (κ2) is 7.44. The number of anilines is 1. The fourth-order valence-corrected chi connectivity index (χ4v) is 5.86. The molecule has 0 aromatic carbocycles. The summed E-state index contributed by atoms with van der Waals surface area (Å²) in [5, 5.41) is 0.398. The molecule has 0 radical (unpaired) electrons. The van der Waals surface area contributed by atoms with Crippen molar-refractivity contribution >= 4 is 38.9 Å². The maximum atomic E-state index is 12.5. The maximum absolute atomic E-state index is 12.5. The van der Waals surface area contributed by atoms with Crippen LogP contribution < -0.4 is 5.73 Å².